The van der Waals surface area contributed by atoms with Crippen molar-refractivity contribution in [1.29, 1.82) is 0 Å². The molecule has 0 aliphatic heterocycles. The Balaban J connectivity index is 2.47. The van der Waals surface area contributed by atoms with E-state index in [0.717, 1.165) is 0 Å². The number of carboxylic acids is 1. The van der Waals surface area contributed by atoms with Gasteiger partial charge in [-0.25, -0.2) is 13.2 Å². The molecule has 0 aromatic heterocycles. The Labute approximate surface area is 164 Å². The first-order valence-electron chi connectivity index (χ1n) is 8.84. The van der Waals surface area contributed by atoms with Crippen molar-refractivity contribution >= 4 is 27.4 Å². The number of sulfonamides is 1. The number of carbonyl (C=O) groups is 1. The quantitative estimate of drug-likeness (QED) is 0.445. The second-order valence-corrected chi connectivity index (χ2v) is 7.66. The van der Waals surface area contributed by atoms with Crippen LogP contribution >= 0.6 is 0 Å². The molecule has 0 bridgehead atoms. The van der Waals surface area contributed by atoms with Gasteiger partial charge in [0, 0.05) is 6.54 Å². The number of benzene rings is 2. The van der Waals surface area contributed by atoms with Gasteiger partial charge in [0.15, 0.2) is 0 Å². The number of carboxylic acid groups (broad SMARTS) is 1. The van der Waals surface area contributed by atoms with Gasteiger partial charge in [0.25, 0.3) is 10.0 Å². The number of rotatable bonds is 10. The largest absolute Gasteiger partial charge is 0.495 e. The maximum Gasteiger partial charge on any atom is 0.341 e. The highest BCUT2D eigenvalue weighted by atomic mass is 32.2. The van der Waals surface area contributed by atoms with Gasteiger partial charge in [-0.3, -0.25) is 4.72 Å². The summed E-state index contributed by atoms with van der Waals surface area (Å²) in [5.74, 6) is -1.14. The maximum absolute atomic E-state index is 13.0. The lowest BCUT2D eigenvalue weighted by Gasteiger charge is -2.17. The summed E-state index contributed by atoms with van der Waals surface area (Å²) >= 11 is 0. The van der Waals surface area contributed by atoms with Crippen LogP contribution in [0.15, 0.2) is 41.3 Å². The first kappa shape index (κ1) is 21.5. The van der Waals surface area contributed by atoms with Gasteiger partial charge in [-0.05, 0) is 43.1 Å². The third kappa shape index (κ3) is 4.73. The molecule has 0 fully saturated rings. The minimum Gasteiger partial charge on any atom is -0.495 e. The minimum absolute atomic E-state index is 0.0156. The summed E-state index contributed by atoms with van der Waals surface area (Å²) in [6, 6.07) is 9.49. The van der Waals surface area contributed by atoms with Crippen molar-refractivity contribution in [2.75, 3.05) is 30.2 Å². The summed E-state index contributed by atoms with van der Waals surface area (Å²) in [4.78, 5) is 11.8. The number of nitrogens with one attached hydrogen (secondary N) is 2. The SMILES string of the molecule is CCc1ccc(NS(=O)(=O)c2ccccc2NCCCN)c(C(=O)O)c1OC. The molecule has 152 valence electrons. The molecule has 0 unspecified atom stereocenters. The topological polar surface area (TPSA) is 131 Å². The first-order chi connectivity index (χ1) is 13.4. The zero-order valence-electron chi connectivity index (χ0n) is 15.9. The highest BCUT2D eigenvalue weighted by molar-refractivity contribution is 7.92. The summed E-state index contributed by atoms with van der Waals surface area (Å²) in [7, 11) is -2.69. The number of ether oxygens (including phenoxy) is 1. The number of anilines is 2. The molecule has 0 amide bonds. The number of para-hydroxylation sites is 1. The molecule has 5 N–H and O–H groups in total. The van der Waals surface area contributed by atoms with Crippen molar-refractivity contribution in [1.82, 2.24) is 0 Å². The minimum atomic E-state index is -4.04. The van der Waals surface area contributed by atoms with Crippen LogP contribution in [0.4, 0.5) is 11.4 Å². The summed E-state index contributed by atoms with van der Waals surface area (Å²) in [5, 5.41) is 12.7. The Morgan fingerprint density at radius 2 is 1.89 bits per heavy atom. The van der Waals surface area contributed by atoms with E-state index in [2.05, 4.69) is 10.0 Å². The monoisotopic (exact) mass is 407 g/mol. The Bertz CT molecular complexity index is 945. The molecule has 0 aliphatic carbocycles. The van der Waals surface area contributed by atoms with E-state index in [-0.39, 0.29) is 21.9 Å². The second kappa shape index (κ2) is 9.43. The molecular formula is C19H25N3O5S. The molecule has 2 aromatic rings. The molecule has 9 heteroatoms. The molecule has 0 saturated heterocycles. The van der Waals surface area contributed by atoms with Gasteiger partial charge in [0.1, 0.15) is 16.2 Å². The van der Waals surface area contributed by atoms with E-state index in [1.807, 2.05) is 6.92 Å². The molecule has 0 spiro atoms. The van der Waals surface area contributed by atoms with Gasteiger partial charge >= 0.3 is 5.97 Å². The Morgan fingerprint density at radius 3 is 2.50 bits per heavy atom. The molecule has 8 nitrogen and oxygen atoms in total. The fourth-order valence-electron chi connectivity index (χ4n) is 2.81. The number of methoxy groups -OCH3 is 1. The van der Waals surface area contributed by atoms with Crippen LogP contribution in [0.3, 0.4) is 0 Å². The summed E-state index contributed by atoms with van der Waals surface area (Å²) in [6.45, 7) is 2.85. The fourth-order valence-corrected chi connectivity index (χ4v) is 4.06. The standard InChI is InChI=1S/C19H25N3O5S/c1-3-13-9-10-15(17(19(23)24)18(13)27-2)22-28(25,26)16-8-5-4-7-14(16)21-12-6-11-20/h4-5,7-10,21-22H,3,6,11-12,20H2,1-2H3,(H,23,24). The lowest BCUT2D eigenvalue weighted by molar-refractivity contribution is 0.0694. The number of nitrogens with two attached hydrogens (primary N) is 1. The lowest BCUT2D eigenvalue weighted by Crippen LogP contribution is -2.19. The Hall–Kier alpha value is -2.78. The van der Waals surface area contributed by atoms with Crippen molar-refractivity contribution in [3.63, 3.8) is 0 Å². The first-order valence-corrected chi connectivity index (χ1v) is 10.3. The predicted molar refractivity (Wildman–Crippen MR) is 109 cm³/mol. The fraction of sp³-hybridized carbons (Fsp3) is 0.316. The van der Waals surface area contributed by atoms with Crippen LogP contribution in [0.1, 0.15) is 29.3 Å². The number of aromatic carboxylic acids is 1. The van der Waals surface area contributed by atoms with Crippen molar-refractivity contribution in [2.24, 2.45) is 5.73 Å². The zero-order chi connectivity index (χ0) is 20.7. The normalized spacial score (nSPS) is 11.1. The van der Waals surface area contributed by atoms with Crippen molar-refractivity contribution in [3.8, 4) is 5.75 Å². The molecular weight excluding hydrogens is 382 g/mol. The van der Waals surface area contributed by atoms with E-state index in [9.17, 15) is 18.3 Å². The van der Waals surface area contributed by atoms with Crippen molar-refractivity contribution in [3.05, 3.63) is 47.5 Å². The predicted octanol–water partition coefficient (Wildman–Crippen LogP) is 2.52. The van der Waals surface area contributed by atoms with E-state index >= 15 is 0 Å². The molecule has 0 heterocycles. The molecule has 0 radical (unpaired) electrons. The third-order valence-electron chi connectivity index (χ3n) is 4.16. The van der Waals surface area contributed by atoms with Gasteiger partial charge in [0.2, 0.25) is 0 Å². The van der Waals surface area contributed by atoms with E-state index in [1.165, 1.54) is 19.2 Å². The molecule has 28 heavy (non-hydrogen) atoms. The van der Waals surface area contributed by atoms with E-state index < -0.39 is 16.0 Å². The van der Waals surface area contributed by atoms with Crippen LogP contribution in [-0.2, 0) is 16.4 Å². The average Bonchev–Trinajstić information content (AvgIpc) is 2.67. The van der Waals surface area contributed by atoms with Gasteiger partial charge in [-0.1, -0.05) is 25.1 Å². The van der Waals surface area contributed by atoms with Crippen LogP contribution in [-0.4, -0.2) is 39.7 Å². The summed E-state index contributed by atoms with van der Waals surface area (Å²) in [5.41, 5.74) is 6.28. The highest BCUT2D eigenvalue weighted by Crippen LogP contribution is 2.33. The van der Waals surface area contributed by atoms with Crippen molar-refractivity contribution in [2.45, 2.75) is 24.7 Å². The summed E-state index contributed by atoms with van der Waals surface area (Å²) < 4.78 is 33.6. The Kier molecular flexibility index (Phi) is 7.24. The van der Waals surface area contributed by atoms with Gasteiger partial charge in [-0.15, -0.1) is 0 Å². The van der Waals surface area contributed by atoms with Crippen LogP contribution < -0.4 is 20.5 Å². The zero-order valence-corrected chi connectivity index (χ0v) is 16.7. The summed E-state index contributed by atoms with van der Waals surface area (Å²) in [6.07, 6.45) is 1.23. The van der Waals surface area contributed by atoms with E-state index in [4.69, 9.17) is 10.5 Å². The van der Waals surface area contributed by atoms with Crippen LogP contribution in [0.25, 0.3) is 0 Å². The number of hydrogen-bond donors (Lipinski definition) is 4. The molecule has 0 aliphatic rings. The average molecular weight is 407 g/mol. The second-order valence-electron chi connectivity index (χ2n) is 6.01. The van der Waals surface area contributed by atoms with Gasteiger partial charge in [-0.2, -0.15) is 0 Å². The maximum atomic E-state index is 13.0. The molecule has 0 atom stereocenters. The molecule has 2 aromatic carbocycles. The smallest absolute Gasteiger partial charge is 0.341 e. The van der Waals surface area contributed by atoms with Crippen LogP contribution in [0, 0.1) is 0 Å². The third-order valence-corrected chi connectivity index (χ3v) is 5.58. The Morgan fingerprint density at radius 1 is 1.18 bits per heavy atom. The van der Waals surface area contributed by atoms with E-state index in [1.54, 1.807) is 24.3 Å². The van der Waals surface area contributed by atoms with Gasteiger partial charge in [0.05, 0.1) is 18.5 Å². The van der Waals surface area contributed by atoms with Crippen molar-refractivity contribution < 1.29 is 23.1 Å². The van der Waals surface area contributed by atoms with Crippen LogP contribution in [0.5, 0.6) is 5.75 Å². The lowest BCUT2D eigenvalue weighted by atomic mass is 10.0. The molecule has 0 saturated carbocycles. The highest BCUT2D eigenvalue weighted by Gasteiger charge is 2.25. The van der Waals surface area contributed by atoms with Crippen LogP contribution in [0.2, 0.25) is 0 Å². The van der Waals surface area contributed by atoms with Gasteiger partial charge < -0.3 is 20.9 Å². The number of hydrogen-bond acceptors (Lipinski definition) is 6. The molecule has 2 rings (SSSR count). The number of aryl methyl sites for hydroxylation is 1. The van der Waals surface area contributed by atoms with E-state index in [0.29, 0.717) is 37.2 Å².